The Hall–Kier alpha value is -0.570. The van der Waals surface area contributed by atoms with Crippen LogP contribution in [0.1, 0.15) is 39.5 Å². The Bertz CT molecular complexity index is 187. The zero-order valence-electron chi connectivity index (χ0n) is 8.38. The molecule has 0 spiro atoms. The van der Waals surface area contributed by atoms with Crippen molar-refractivity contribution in [2.45, 2.75) is 45.1 Å². The van der Waals surface area contributed by atoms with Crippen molar-refractivity contribution >= 4 is 5.97 Å². The summed E-state index contributed by atoms with van der Waals surface area (Å²) in [5.74, 6) is -0.322. The van der Waals surface area contributed by atoms with Crippen molar-refractivity contribution in [3.8, 4) is 0 Å². The molecule has 2 unspecified atom stereocenters. The average Bonchev–Trinajstić information content (AvgIpc) is 2.04. The second-order valence-electron chi connectivity index (χ2n) is 3.93. The number of carboxylic acids is 1. The van der Waals surface area contributed by atoms with Crippen LogP contribution in [-0.2, 0) is 9.53 Å². The van der Waals surface area contributed by atoms with E-state index in [0.717, 1.165) is 12.8 Å². The van der Waals surface area contributed by atoms with E-state index in [4.69, 9.17) is 9.84 Å². The van der Waals surface area contributed by atoms with Gasteiger partial charge in [-0.05, 0) is 32.1 Å². The summed E-state index contributed by atoms with van der Waals surface area (Å²) in [6, 6.07) is 0. The zero-order valence-corrected chi connectivity index (χ0v) is 8.38. The van der Waals surface area contributed by atoms with E-state index >= 15 is 0 Å². The van der Waals surface area contributed by atoms with Gasteiger partial charge in [-0.2, -0.15) is 0 Å². The lowest BCUT2D eigenvalue weighted by Crippen LogP contribution is -2.45. The summed E-state index contributed by atoms with van der Waals surface area (Å²) in [6.07, 6.45) is 3.42. The molecular weight excluding hydrogens is 168 g/mol. The predicted molar refractivity (Wildman–Crippen MR) is 49.6 cm³/mol. The molecule has 0 bridgehead atoms. The van der Waals surface area contributed by atoms with E-state index in [2.05, 4.69) is 6.92 Å². The van der Waals surface area contributed by atoms with Crippen molar-refractivity contribution in [1.82, 2.24) is 0 Å². The highest BCUT2D eigenvalue weighted by atomic mass is 16.5. The summed E-state index contributed by atoms with van der Waals surface area (Å²) >= 11 is 0. The van der Waals surface area contributed by atoms with Crippen LogP contribution in [-0.4, -0.2) is 23.3 Å². The van der Waals surface area contributed by atoms with E-state index in [-0.39, 0.29) is 0 Å². The van der Waals surface area contributed by atoms with Crippen LogP contribution >= 0.6 is 0 Å². The molecule has 1 rings (SSSR count). The Morgan fingerprint density at radius 2 is 2.38 bits per heavy atom. The lowest BCUT2D eigenvalue weighted by molar-refractivity contribution is -0.172. The molecule has 0 aromatic carbocycles. The number of carbonyl (C=O) groups is 1. The molecule has 3 heteroatoms. The Morgan fingerprint density at radius 3 is 2.85 bits per heavy atom. The van der Waals surface area contributed by atoms with Crippen molar-refractivity contribution in [3.05, 3.63) is 0 Å². The van der Waals surface area contributed by atoms with Gasteiger partial charge in [-0.15, -0.1) is 0 Å². The van der Waals surface area contributed by atoms with Gasteiger partial charge in [-0.3, -0.25) is 0 Å². The fourth-order valence-electron chi connectivity index (χ4n) is 2.17. The molecule has 1 saturated carbocycles. The molecule has 1 aliphatic rings. The third-order valence-corrected chi connectivity index (χ3v) is 2.77. The average molecular weight is 186 g/mol. The molecule has 3 nitrogen and oxygen atoms in total. The molecule has 76 valence electrons. The molecule has 0 heterocycles. The topological polar surface area (TPSA) is 46.5 Å². The lowest BCUT2D eigenvalue weighted by atomic mass is 9.79. The third-order valence-electron chi connectivity index (χ3n) is 2.77. The summed E-state index contributed by atoms with van der Waals surface area (Å²) in [5.41, 5.74) is -0.883. The summed E-state index contributed by atoms with van der Waals surface area (Å²) < 4.78 is 5.40. The predicted octanol–water partition coefficient (Wildman–Crippen LogP) is 2.06. The molecule has 1 aliphatic carbocycles. The number of carboxylic acid groups (broad SMARTS) is 1. The van der Waals surface area contributed by atoms with Crippen molar-refractivity contribution in [2.75, 3.05) is 6.61 Å². The van der Waals surface area contributed by atoms with Gasteiger partial charge in [0.05, 0.1) is 0 Å². The fraction of sp³-hybridized carbons (Fsp3) is 0.900. The highest BCUT2D eigenvalue weighted by Gasteiger charge is 2.42. The van der Waals surface area contributed by atoms with Crippen LogP contribution in [0, 0.1) is 5.92 Å². The first-order valence-electron chi connectivity index (χ1n) is 4.98. The van der Waals surface area contributed by atoms with Crippen LogP contribution in [0.4, 0.5) is 0 Å². The number of ether oxygens (including phenoxy) is 1. The van der Waals surface area contributed by atoms with Gasteiger partial charge in [0.15, 0.2) is 5.60 Å². The van der Waals surface area contributed by atoms with Crippen molar-refractivity contribution in [1.29, 1.82) is 0 Å². The molecule has 1 N–H and O–H groups in total. The quantitative estimate of drug-likeness (QED) is 0.733. The van der Waals surface area contributed by atoms with Gasteiger partial charge >= 0.3 is 5.97 Å². The van der Waals surface area contributed by atoms with Crippen molar-refractivity contribution in [3.63, 3.8) is 0 Å². The molecule has 0 aromatic rings. The van der Waals surface area contributed by atoms with Crippen LogP contribution in [0.25, 0.3) is 0 Å². The fourth-order valence-corrected chi connectivity index (χ4v) is 2.17. The van der Waals surface area contributed by atoms with E-state index < -0.39 is 11.6 Å². The van der Waals surface area contributed by atoms with Crippen molar-refractivity contribution in [2.24, 2.45) is 5.92 Å². The van der Waals surface area contributed by atoms with Gasteiger partial charge in [0.1, 0.15) is 0 Å². The highest BCUT2D eigenvalue weighted by Crippen LogP contribution is 2.35. The van der Waals surface area contributed by atoms with Crippen LogP contribution < -0.4 is 0 Å². The van der Waals surface area contributed by atoms with E-state index in [1.807, 2.05) is 6.92 Å². The second kappa shape index (κ2) is 4.09. The molecular formula is C10H18O3. The minimum Gasteiger partial charge on any atom is -0.479 e. The van der Waals surface area contributed by atoms with Gasteiger partial charge in [-0.25, -0.2) is 4.79 Å². The van der Waals surface area contributed by atoms with Crippen LogP contribution in [0.3, 0.4) is 0 Å². The molecule has 0 aliphatic heterocycles. The van der Waals surface area contributed by atoms with E-state index in [0.29, 0.717) is 25.4 Å². The Balaban J connectivity index is 2.70. The summed E-state index contributed by atoms with van der Waals surface area (Å²) in [7, 11) is 0. The molecule has 1 fully saturated rings. The standard InChI is InChI=1S/C10H18O3/c1-3-13-10(9(11)12)6-4-5-8(2)7-10/h8H,3-7H2,1-2H3,(H,11,12). The summed E-state index contributed by atoms with van der Waals surface area (Å²) in [4.78, 5) is 11.1. The first-order valence-corrected chi connectivity index (χ1v) is 4.98. The van der Waals surface area contributed by atoms with Gasteiger partial charge in [0, 0.05) is 6.61 Å². The molecule has 0 saturated heterocycles. The van der Waals surface area contributed by atoms with Crippen LogP contribution in [0.2, 0.25) is 0 Å². The number of aliphatic carboxylic acids is 1. The van der Waals surface area contributed by atoms with E-state index in [1.54, 1.807) is 0 Å². The minimum absolute atomic E-state index is 0.469. The van der Waals surface area contributed by atoms with Gasteiger partial charge in [0.2, 0.25) is 0 Å². The monoisotopic (exact) mass is 186 g/mol. The molecule has 0 aromatic heterocycles. The SMILES string of the molecule is CCOC1(C(=O)O)CCCC(C)C1. The smallest absolute Gasteiger partial charge is 0.335 e. The van der Waals surface area contributed by atoms with Gasteiger partial charge in [-0.1, -0.05) is 13.3 Å². The largest absolute Gasteiger partial charge is 0.479 e. The molecule has 13 heavy (non-hydrogen) atoms. The zero-order chi connectivity index (χ0) is 9.90. The number of rotatable bonds is 3. The van der Waals surface area contributed by atoms with Crippen LogP contribution in [0.15, 0.2) is 0 Å². The second-order valence-corrected chi connectivity index (χ2v) is 3.93. The van der Waals surface area contributed by atoms with E-state index in [9.17, 15) is 4.79 Å². The summed E-state index contributed by atoms with van der Waals surface area (Å²) in [6.45, 7) is 4.43. The molecule has 0 amide bonds. The molecule has 2 atom stereocenters. The van der Waals surface area contributed by atoms with E-state index in [1.165, 1.54) is 0 Å². The Labute approximate surface area is 79.1 Å². The highest BCUT2D eigenvalue weighted by molar-refractivity contribution is 5.77. The Kier molecular flexibility index (Phi) is 3.31. The third kappa shape index (κ3) is 2.21. The number of hydrogen-bond donors (Lipinski definition) is 1. The van der Waals surface area contributed by atoms with Crippen LogP contribution in [0.5, 0.6) is 0 Å². The van der Waals surface area contributed by atoms with Crippen molar-refractivity contribution < 1.29 is 14.6 Å². The number of hydrogen-bond acceptors (Lipinski definition) is 2. The maximum absolute atomic E-state index is 11.1. The minimum atomic E-state index is -0.883. The maximum atomic E-state index is 11.1. The molecule has 0 radical (unpaired) electrons. The first kappa shape index (κ1) is 10.5. The van der Waals surface area contributed by atoms with Gasteiger partial charge < -0.3 is 9.84 Å². The lowest BCUT2D eigenvalue weighted by Gasteiger charge is -2.35. The first-order chi connectivity index (χ1) is 6.10. The Morgan fingerprint density at radius 1 is 1.69 bits per heavy atom. The summed E-state index contributed by atoms with van der Waals surface area (Å²) in [5, 5.41) is 9.11. The normalized spacial score (nSPS) is 34.5. The maximum Gasteiger partial charge on any atom is 0.335 e. The van der Waals surface area contributed by atoms with Gasteiger partial charge in [0.25, 0.3) is 0 Å².